The minimum Gasteiger partial charge on any atom is -0.0654 e. The van der Waals surface area contributed by atoms with E-state index in [9.17, 15) is 0 Å². The van der Waals surface area contributed by atoms with Crippen LogP contribution in [0.3, 0.4) is 0 Å². The van der Waals surface area contributed by atoms with Gasteiger partial charge in [0.15, 0.2) is 0 Å². The van der Waals surface area contributed by atoms with Gasteiger partial charge in [-0.2, -0.15) is 0 Å². The average molecular weight is 310 g/mol. The van der Waals surface area contributed by atoms with Gasteiger partial charge in [-0.05, 0) is 18.3 Å². The summed E-state index contributed by atoms with van der Waals surface area (Å²) in [5.41, 5.74) is 0. The van der Waals surface area contributed by atoms with Crippen molar-refractivity contribution in [3.63, 3.8) is 0 Å². The summed E-state index contributed by atoms with van der Waals surface area (Å²) >= 11 is 0. The van der Waals surface area contributed by atoms with Crippen molar-refractivity contribution in [3.8, 4) is 0 Å². The van der Waals surface area contributed by atoms with Crippen LogP contribution in [0.4, 0.5) is 0 Å². The SMILES string of the molecule is CCCCCCCC([CH]C(C)CCCCCC)CCCCC. The summed E-state index contributed by atoms with van der Waals surface area (Å²) in [5, 5.41) is 0. The molecule has 0 aliphatic carbocycles. The molecule has 0 amide bonds. The average Bonchev–Trinajstić information content (AvgIpc) is 2.51. The summed E-state index contributed by atoms with van der Waals surface area (Å²) in [4.78, 5) is 0. The van der Waals surface area contributed by atoms with Crippen molar-refractivity contribution < 1.29 is 0 Å². The summed E-state index contributed by atoms with van der Waals surface area (Å²) in [6.07, 6.45) is 24.1. The second-order valence-corrected chi connectivity index (χ2v) is 7.48. The molecule has 0 aromatic rings. The highest BCUT2D eigenvalue weighted by molar-refractivity contribution is 4.81. The van der Waals surface area contributed by atoms with E-state index in [1.807, 2.05) is 0 Å². The van der Waals surface area contributed by atoms with Crippen LogP contribution in [-0.4, -0.2) is 0 Å². The number of hydrogen-bond acceptors (Lipinski definition) is 0. The molecule has 0 aromatic heterocycles. The van der Waals surface area contributed by atoms with Crippen molar-refractivity contribution in [2.24, 2.45) is 11.8 Å². The molecule has 22 heavy (non-hydrogen) atoms. The van der Waals surface area contributed by atoms with Gasteiger partial charge in [0.1, 0.15) is 0 Å². The summed E-state index contributed by atoms with van der Waals surface area (Å²) < 4.78 is 0. The van der Waals surface area contributed by atoms with Gasteiger partial charge in [-0.25, -0.2) is 0 Å². The molecule has 0 spiro atoms. The molecule has 0 bridgehead atoms. The van der Waals surface area contributed by atoms with Gasteiger partial charge in [-0.3, -0.25) is 0 Å². The maximum absolute atomic E-state index is 2.72. The second kappa shape index (κ2) is 17.4. The topological polar surface area (TPSA) is 0 Å². The van der Waals surface area contributed by atoms with Crippen LogP contribution in [0.25, 0.3) is 0 Å². The van der Waals surface area contributed by atoms with Gasteiger partial charge in [0.2, 0.25) is 0 Å². The van der Waals surface area contributed by atoms with E-state index in [2.05, 4.69) is 34.1 Å². The third-order valence-corrected chi connectivity index (χ3v) is 4.97. The summed E-state index contributed by atoms with van der Waals surface area (Å²) in [6, 6.07) is 0. The highest BCUT2D eigenvalue weighted by atomic mass is 14.2. The Morgan fingerprint density at radius 2 is 0.955 bits per heavy atom. The van der Waals surface area contributed by atoms with E-state index >= 15 is 0 Å². The van der Waals surface area contributed by atoms with E-state index < -0.39 is 0 Å². The normalized spacial score (nSPS) is 14.2. The predicted octanol–water partition coefficient (Wildman–Crippen LogP) is 8.35. The molecule has 2 atom stereocenters. The predicted molar refractivity (Wildman–Crippen MR) is 103 cm³/mol. The maximum Gasteiger partial charge on any atom is -0.0326 e. The summed E-state index contributed by atoms with van der Waals surface area (Å²) in [6.45, 7) is 9.38. The van der Waals surface area contributed by atoms with Crippen molar-refractivity contribution in [2.75, 3.05) is 0 Å². The molecule has 0 heteroatoms. The number of rotatable bonds is 17. The maximum atomic E-state index is 2.72. The Morgan fingerprint density at radius 1 is 0.545 bits per heavy atom. The first kappa shape index (κ1) is 22.0. The first-order valence-electron chi connectivity index (χ1n) is 10.6. The van der Waals surface area contributed by atoms with E-state index in [0.717, 1.165) is 11.8 Å². The molecule has 133 valence electrons. The van der Waals surface area contributed by atoms with Crippen LogP contribution >= 0.6 is 0 Å². The zero-order chi connectivity index (χ0) is 16.5. The van der Waals surface area contributed by atoms with Crippen LogP contribution < -0.4 is 0 Å². The lowest BCUT2D eigenvalue weighted by Crippen LogP contribution is -2.08. The first-order chi connectivity index (χ1) is 10.7. The van der Waals surface area contributed by atoms with Crippen molar-refractivity contribution in [1.82, 2.24) is 0 Å². The molecule has 0 saturated heterocycles. The van der Waals surface area contributed by atoms with E-state index in [4.69, 9.17) is 0 Å². The molecule has 0 fully saturated rings. The molecule has 0 aliphatic rings. The Hall–Kier alpha value is 0. The third-order valence-electron chi connectivity index (χ3n) is 4.97. The van der Waals surface area contributed by atoms with Gasteiger partial charge in [0.05, 0.1) is 0 Å². The fraction of sp³-hybridized carbons (Fsp3) is 0.955. The standard InChI is InChI=1S/C22H45/c1-5-8-11-13-16-19-22(18-14-10-7-3)20-21(4)17-15-12-9-6-2/h20-22H,5-19H2,1-4H3. The first-order valence-corrected chi connectivity index (χ1v) is 10.6. The number of unbranched alkanes of at least 4 members (excludes halogenated alkanes) is 9. The van der Waals surface area contributed by atoms with Gasteiger partial charge < -0.3 is 0 Å². The quantitative estimate of drug-likeness (QED) is 0.237. The molecule has 1 radical (unpaired) electrons. The van der Waals surface area contributed by atoms with Gasteiger partial charge in [0, 0.05) is 0 Å². The second-order valence-electron chi connectivity index (χ2n) is 7.48. The van der Waals surface area contributed by atoms with Gasteiger partial charge in [-0.1, -0.05) is 124 Å². The molecule has 0 saturated carbocycles. The Bertz CT molecular complexity index is 196. The minimum absolute atomic E-state index is 0.833. The van der Waals surface area contributed by atoms with Gasteiger partial charge in [0.25, 0.3) is 0 Å². The van der Waals surface area contributed by atoms with E-state index in [0.29, 0.717) is 0 Å². The van der Waals surface area contributed by atoms with Crippen molar-refractivity contribution in [1.29, 1.82) is 0 Å². The Balaban J connectivity index is 3.88. The lowest BCUT2D eigenvalue weighted by atomic mass is 9.85. The van der Waals surface area contributed by atoms with Crippen LogP contribution in [0.1, 0.15) is 124 Å². The zero-order valence-corrected chi connectivity index (χ0v) is 16.3. The third kappa shape index (κ3) is 14.9. The molecule has 0 aromatic carbocycles. The van der Waals surface area contributed by atoms with E-state index in [1.165, 1.54) is 96.3 Å². The monoisotopic (exact) mass is 309 g/mol. The van der Waals surface area contributed by atoms with E-state index in [1.54, 1.807) is 0 Å². The molecule has 0 nitrogen and oxygen atoms in total. The fourth-order valence-corrected chi connectivity index (χ4v) is 3.46. The zero-order valence-electron chi connectivity index (χ0n) is 16.3. The molecular weight excluding hydrogens is 264 g/mol. The molecule has 2 unspecified atom stereocenters. The van der Waals surface area contributed by atoms with Crippen LogP contribution in [-0.2, 0) is 0 Å². The smallest absolute Gasteiger partial charge is 0.0326 e. The number of hydrogen-bond donors (Lipinski definition) is 0. The molecule has 0 heterocycles. The molecular formula is C22H45. The summed E-state index contributed by atoms with van der Waals surface area (Å²) in [7, 11) is 0. The Labute approximate surface area is 142 Å². The van der Waals surface area contributed by atoms with Crippen molar-refractivity contribution in [3.05, 3.63) is 6.42 Å². The van der Waals surface area contributed by atoms with Crippen LogP contribution in [0.5, 0.6) is 0 Å². The van der Waals surface area contributed by atoms with Crippen molar-refractivity contribution >= 4 is 0 Å². The molecule has 0 rings (SSSR count). The van der Waals surface area contributed by atoms with Crippen LogP contribution in [0.15, 0.2) is 0 Å². The summed E-state index contributed by atoms with van der Waals surface area (Å²) in [5.74, 6) is 1.73. The highest BCUT2D eigenvalue weighted by Crippen LogP contribution is 2.26. The molecule has 0 aliphatic heterocycles. The largest absolute Gasteiger partial charge is 0.0654 e. The van der Waals surface area contributed by atoms with Crippen molar-refractivity contribution in [2.45, 2.75) is 124 Å². The molecule has 0 N–H and O–H groups in total. The highest BCUT2D eigenvalue weighted by Gasteiger charge is 2.13. The Kier molecular flexibility index (Phi) is 17.4. The van der Waals surface area contributed by atoms with E-state index in [-0.39, 0.29) is 0 Å². The van der Waals surface area contributed by atoms with Crippen LogP contribution in [0.2, 0.25) is 0 Å². The fourth-order valence-electron chi connectivity index (χ4n) is 3.46. The van der Waals surface area contributed by atoms with Gasteiger partial charge in [-0.15, -0.1) is 0 Å². The Morgan fingerprint density at radius 3 is 1.55 bits per heavy atom. The minimum atomic E-state index is 0.833. The lowest BCUT2D eigenvalue weighted by Gasteiger charge is -2.21. The van der Waals surface area contributed by atoms with Gasteiger partial charge >= 0.3 is 0 Å². The van der Waals surface area contributed by atoms with Crippen LogP contribution in [0, 0.1) is 18.3 Å². The lowest BCUT2D eigenvalue weighted by molar-refractivity contribution is 0.399.